The highest BCUT2D eigenvalue weighted by Crippen LogP contribution is 2.32. The first kappa shape index (κ1) is 15.1. The standard InChI is InChI=1S/C20H19NO2/c1-3-23-20(22)18-11-9-14(12-19(18)21)16-10-8-13(2)15-6-4-5-7-17(15)16/h4-12H,3,21H2,1-2H3. The zero-order valence-electron chi connectivity index (χ0n) is 13.3. The first-order valence-electron chi connectivity index (χ1n) is 7.67. The molecule has 0 amide bonds. The number of hydrogen-bond acceptors (Lipinski definition) is 3. The second kappa shape index (κ2) is 6.13. The molecular formula is C20H19NO2. The van der Waals surface area contributed by atoms with E-state index < -0.39 is 0 Å². The number of aryl methyl sites for hydroxylation is 1. The molecule has 0 saturated heterocycles. The number of carbonyl (C=O) groups excluding carboxylic acids is 1. The van der Waals surface area contributed by atoms with Gasteiger partial charge in [0.25, 0.3) is 0 Å². The minimum Gasteiger partial charge on any atom is -0.462 e. The normalized spacial score (nSPS) is 10.7. The Labute approximate surface area is 135 Å². The van der Waals surface area contributed by atoms with Gasteiger partial charge in [0, 0.05) is 5.69 Å². The van der Waals surface area contributed by atoms with Gasteiger partial charge in [0.1, 0.15) is 0 Å². The highest BCUT2D eigenvalue weighted by molar-refractivity contribution is 6.01. The van der Waals surface area contributed by atoms with Crippen LogP contribution in [0, 0.1) is 6.92 Å². The van der Waals surface area contributed by atoms with Gasteiger partial charge in [-0.3, -0.25) is 0 Å². The van der Waals surface area contributed by atoms with Crippen molar-refractivity contribution in [2.45, 2.75) is 13.8 Å². The molecule has 0 aliphatic heterocycles. The molecule has 0 heterocycles. The third-order valence-corrected chi connectivity index (χ3v) is 4.00. The predicted molar refractivity (Wildman–Crippen MR) is 94.5 cm³/mol. The van der Waals surface area contributed by atoms with Crippen LogP contribution in [0.1, 0.15) is 22.8 Å². The number of hydrogen-bond donors (Lipinski definition) is 1. The van der Waals surface area contributed by atoms with Crippen LogP contribution in [0.2, 0.25) is 0 Å². The fourth-order valence-electron chi connectivity index (χ4n) is 2.83. The number of rotatable bonds is 3. The lowest BCUT2D eigenvalue weighted by atomic mass is 9.94. The molecule has 0 aromatic heterocycles. The van der Waals surface area contributed by atoms with Gasteiger partial charge in [-0.25, -0.2) is 4.79 Å². The number of nitrogen functional groups attached to an aromatic ring is 1. The minimum atomic E-state index is -0.384. The SMILES string of the molecule is CCOC(=O)c1ccc(-c2ccc(C)c3ccccc23)cc1N. The molecule has 0 fully saturated rings. The molecule has 3 aromatic carbocycles. The number of nitrogens with two attached hydrogens (primary N) is 1. The molecule has 3 nitrogen and oxygen atoms in total. The summed E-state index contributed by atoms with van der Waals surface area (Å²) in [5.74, 6) is -0.384. The Morgan fingerprint density at radius 2 is 1.78 bits per heavy atom. The van der Waals surface area contributed by atoms with Gasteiger partial charge in [-0.15, -0.1) is 0 Å². The van der Waals surface area contributed by atoms with Crippen molar-refractivity contribution >= 4 is 22.4 Å². The lowest BCUT2D eigenvalue weighted by Gasteiger charge is -2.11. The van der Waals surface area contributed by atoms with Crippen molar-refractivity contribution in [3.63, 3.8) is 0 Å². The van der Waals surface area contributed by atoms with Crippen LogP contribution in [-0.4, -0.2) is 12.6 Å². The number of carbonyl (C=O) groups is 1. The molecular weight excluding hydrogens is 286 g/mol. The molecule has 116 valence electrons. The van der Waals surface area contributed by atoms with Crippen LogP contribution in [0.4, 0.5) is 5.69 Å². The second-order valence-corrected chi connectivity index (χ2v) is 5.50. The summed E-state index contributed by atoms with van der Waals surface area (Å²) in [4.78, 5) is 11.9. The van der Waals surface area contributed by atoms with E-state index in [0.29, 0.717) is 17.9 Å². The molecule has 3 aromatic rings. The predicted octanol–water partition coefficient (Wildman–Crippen LogP) is 4.57. The van der Waals surface area contributed by atoms with E-state index in [1.807, 2.05) is 24.3 Å². The summed E-state index contributed by atoms with van der Waals surface area (Å²) in [6, 6.07) is 18.0. The Bertz CT molecular complexity index is 884. The van der Waals surface area contributed by atoms with E-state index in [9.17, 15) is 4.79 Å². The monoisotopic (exact) mass is 305 g/mol. The molecule has 0 radical (unpaired) electrons. The van der Waals surface area contributed by atoms with Crippen LogP contribution in [0.3, 0.4) is 0 Å². The van der Waals surface area contributed by atoms with E-state index in [1.165, 1.54) is 16.3 Å². The minimum absolute atomic E-state index is 0.336. The summed E-state index contributed by atoms with van der Waals surface area (Å²) in [5.41, 5.74) is 10.2. The summed E-state index contributed by atoms with van der Waals surface area (Å²) < 4.78 is 5.02. The maximum atomic E-state index is 11.9. The van der Waals surface area contributed by atoms with E-state index in [4.69, 9.17) is 10.5 Å². The van der Waals surface area contributed by atoms with Crippen LogP contribution in [0.5, 0.6) is 0 Å². The number of anilines is 1. The highest BCUT2D eigenvalue weighted by Gasteiger charge is 2.13. The second-order valence-electron chi connectivity index (χ2n) is 5.50. The van der Waals surface area contributed by atoms with Crippen molar-refractivity contribution < 1.29 is 9.53 Å². The van der Waals surface area contributed by atoms with Crippen molar-refractivity contribution in [1.82, 2.24) is 0 Å². The number of fused-ring (bicyclic) bond motifs is 1. The van der Waals surface area contributed by atoms with Crippen molar-refractivity contribution in [3.8, 4) is 11.1 Å². The van der Waals surface area contributed by atoms with E-state index in [0.717, 1.165) is 11.1 Å². The van der Waals surface area contributed by atoms with Crippen molar-refractivity contribution in [2.24, 2.45) is 0 Å². The van der Waals surface area contributed by atoms with Crippen LogP contribution in [0.25, 0.3) is 21.9 Å². The molecule has 23 heavy (non-hydrogen) atoms. The number of ether oxygens (including phenoxy) is 1. The van der Waals surface area contributed by atoms with Crippen LogP contribution in [-0.2, 0) is 4.74 Å². The number of benzene rings is 3. The average Bonchev–Trinajstić information content (AvgIpc) is 2.55. The Kier molecular flexibility index (Phi) is 4.02. The molecule has 3 rings (SSSR count). The number of esters is 1. The van der Waals surface area contributed by atoms with Crippen molar-refractivity contribution in [3.05, 3.63) is 65.7 Å². The summed E-state index contributed by atoms with van der Waals surface area (Å²) in [6.45, 7) is 4.22. The largest absolute Gasteiger partial charge is 0.462 e. The maximum absolute atomic E-state index is 11.9. The Morgan fingerprint density at radius 1 is 1.04 bits per heavy atom. The van der Waals surface area contributed by atoms with E-state index >= 15 is 0 Å². The van der Waals surface area contributed by atoms with Gasteiger partial charge in [0.15, 0.2) is 0 Å². The fourth-order valence-corrected chi connectivity index (χ4v) is 2.83. The fraction of sp³-hybridized carbons (Fsp3) is 0.150. The van der Waals surface area contributed by atoms with Crippen LogP contribution >= 0.6 is 0 Å². The smallest absolute Gasteiger partial charge is 0.340 e. The molecule has 2 N–H and O–H groups in total. The molecule has 0 aliphatic carbocycles. The van der Waals surface area contributed by atoms with Crippen molar-refractivity contribution in [2.75, 3.05) is 12.3 Å². The van der Waals surface area contributed by atoms with Gasteiger partial charge in [-0.05, 0) is 53.4 Å². The van der Waals surface area contributed by atoms with Gasteiger partial charge < -0.3 is 10.5 Å². The Morgan fingerprint density at radius 3 is 2.48 bits per heavy atom. The van der Waals surface area contributed by atoms with Gasteiger partial charge in [-0.2, -0.15) is 0 Å². The molecule has 0 saturated carbocycles. The molecule has 0 unspecified atom stereocenters. The zero-order valence-corrected chi connectivity index (χ0v) is 13.3. The maximum Gasteiger partial charge on any atom is 0.340 e. The summed E-state index contributed by atoms with van der Waals surface area (Å²) >= 11 is 0. The molecule has 0 aliphatic rings. The molecule has 0 bridgehead atoms. The molecule has 0 atom stereocenters. The van der Waals surface area contributed by atoms with Gasteiger partial charge in [0.2, 0.25) is 0 Å². The lowest BCUT2D eigenvalue weighted by Crippen LogP contribution is -2.07. The van der Waals surface area contributed by atoms with E-state index in [1.54, 1.807) is 13.0 Å². The molecule has 3 heteroatoms. The van der Waals surface area contributed by atoms with Gasteiger partial charge in [0.05, 0.1) is 12.2 Å². The Hall–Kier alpha value is -2.81. The summed E-state index contributed by atoms with van der Waals surface area (Å²) in [6.07, 6.45) is 0. The third kappa shape index (κ3) is 2.78. The Balaban J connectivity index is 2.12. The van der Waals surface area contributed by atoms with Crippen molar-refractivity contribution in [1.29, 1.82) is 0 Å². The zero-order chi connectivity index (χ0) is 16.4. The van der Waals surface area contributed by atoms with E-state index in [2.05, 4.69) is 31.2 Å². The van der Waals surface area contributed by atoms with E-state index in [-0.39, 0.29) is 5.97 Å². The topological polar surface area (TPSA) is 52.3 Å². The summed E-state index contributed by atoms with van der Waals surface area (Å²) in [7, 11) is 0. The first-order chi connectivity index (χ1) is 11.1. The average molecular weight is 305 g/mol. The summed E-state index contributed by atoms with van der Waals surface area (Å²) in [5, 5.41) is 2.40. The lowest BCUT2D eigenvalue weighted by molar-refractivity contribution is 0.0527. The first-order valence-corrected chi connectivity index (χ1v) is 7.67. The molecule has 0 spiro atoms. The van der Waals surface area contributed by atoms with Crippen LogP contribution in [0.15, 0.2) is 54.6 Å². The third-order valence-electron chi connectivity index (χ3n) is 4.00. The van der Waals surface area contributed by atoms with Gasteiger partial charge >= 0.3 is 5.97 Å². The van der Waals surface area contributed by atoms with Crippen LogP contribution < -0.4 is 5.73 Å². The quantitative estimate of drug-likeness (QED) is 0.569. The van der Waals surface area contributed by atoms with Gasteiger partial charge in [-0.1, -0.05) is 42.5 Å². The highest BCUT2D eigenvalue weighted by atomic mass is 16.5.